The molecule has 0 amide bonds. The number of hydrogen-bond donors (Lipinski definition) is 1. The predicted molar refractivity (Wildman–Crippen MR) is 83.5 cm³/mol. The Hall–Kier alpha value is -0.0800. The number of rotatable bonds is 3. The van der Waals surface area contributed by atoms with E-state index in [2.05, 4.69) is 37.9 Å². The highest BCUT2D eigenvalue weighted by molar-refractivity contribution is 4.92. The van der Waals surface area contributed by atoms with Crippen molar-refractivity contribution in [1.29, 1.82) is 0 Å². The van der Waals surface area contributed by atoms with Crippen LogP contribution in [-0.4, -0.2) is 36.1 Å². The van der Waals surface area contributed by atoms with Gasteiger partial charge in [0.2, 0.25) is 0 Å². The van der Waals surface area contributed by atoms with Crippen LogP contribution in [0.25, 0.3) is 0 Å². The maximum absolute atomic E-state index is 3.78. The molecule has 1 aliphatic carbocycles. The molecule has 1 N–H and O–H groups in total. The maximum atomic E-state index is 3.78. The molecule has 5 unspecified atom stereocenters. The lowest BCUT2D eigenvalue weighted by Crippen LogP contribution is -2.61. The summed E-state index contributed by atoms with van der Waals surface area (Å²) in [5.41, 5.74) is 0. The number of hydrogen-bond acceptors (Lipinski definition) is 2. The molecule has 2 nitrogen and oxygen atoms in total. The normalized spacial score (nSPS) is 39.8. The molecule has 0 aromatic heterocycles. The van der Waals surface area contributed by atoms with Gasteiger partial charge in [-0.15, -0.1) is 0 Å². The molecule has 0 radical (unpaired) electrons. The minimum absolute atomic E-state index is 0.705. The Labute approximate surface area is 120 Å². The number of nitrogens with one attached hydrogen (secondary N) is 1. The highest BCUT2D eigenvalue weighted by atomic mass is 15.3. The number of nitrogens with zero attached hydrogens (tertiary/aromatic N) is 1. The lowest BCUT2D eigenvalue weighted by molar-refractivity contribution is 0.0469. The van der Waals surface area contributed by atoms with Crippen LogP contribution in [0.2, 0.25) is 0 Å². The molecule has 0 aromatic rings. The zero-order valence-corrected chi connectivity index (χ0v) is 13.5. The van der Waals surface area contributed by atoms with E-state index in [-0.39, 0.29) is 0 Å². The van der Waals surface area contributed by atoms with E-state index in [9.17, 15) is 0 Å². The van der Waals surface area contributed by atoms with Gasteiger partial charge in [-0.25, -0.2) is 0 Å². The van der Waals surface area contributed by atoms with Gasteiger partial charge in [0.15, 0.2) is 0 Å². The van der Waals surface area contributed by atoms with E-state index in [1.165, 1.54) is 51.6 Å². The maximum Gasteiger partial charge on any atom is 0.0221 e. The summed E-state index contributed by atoms with van der Waals surface area (Å²) in [5.74, 6) is 1.69. The van der Waals surface area contributed by atoms with Gasteiger partial charge in [-0.05, 0) is 31.6 Å². The van der Waals surface area contributed by atoms with Gasteiger partial charge in [0.25, 0.3) is 0 Å². The summed E-state index contributed by atoms with van der Waals surface area (Å²) >= 11 is 0. The van der Waals surface area contributed by atoms with Crippen LogP contribution < -0.4 is 5.32 Å². The van der Waals surface area contributed by atoms with Gasteiger partial charge in [0, 0.05) is 31.2 Å². The summed E-state index contributed by atoms with van der Waals surface area (Å²) < 4.78 is 0. The van der Waals surface area contributed by atoms with Gasteiger partial charge in [-0.1, -0.05) is 46.5 Å². The predicted octanol–water partition coefficient (Wildman–Crippen LogP) is 3.66. The molecular formula is C17H34N2. The molecule has 0 bridgehead atoms. The van der Waals surface area contributed by atoms with Crippen molar-refractivity contribution in [3.05, 3.63) is 0 Å². The minimum Gasteiger partial charge on any atom is -0.311 e. The molecule has 0 aromatic carbocycles. The fourth-order valence-electron chi connectivity index (χ4n) is 4.00. The molecule has 1 saturated heterocycles. The molecule has 2 aliphatic rings. The number of piperazine rings is 1. The second-order valence-electron chi connectivity index (χ2n) is 7.13. The molecule has 2 heteroatoms. The van der Waals surface area contributed by atoms with Crippen LogP contribution in [0, 0.1) is 11.8 Å². The summed E-state index contributed by atoms with van der Waals surface area (Å²) in [5, 5.41) is 3.78. The van der Waals surface area contributed by atoms with Crippen LogP contribution in [-0.2, 0) is 0 Å². The van der Waals surface area contributed by atoms with Crippen molar-refractivity contribution >= 4 is 0 Å². The van der Waals surface area contributed by atoms with Crippen LogP contribution in [0.1, 0.15) is 66.2 Å². The van der Waals surface area contributed by atoms with E-state index in [0.29, 0.717) is 12.1 Å². The van der Waals surface area contributed by atoms with Crippen molar-refractivity contribution in [2.75, 3.05) is 13.1 Å². The Balaban J connectivity index is 2.02. The second-order valence-corrected chi connectivity index (χ2v) is 7.13. The summed E-state index contributed by atoms with van der Waals surface area (Å²) in [6, 6.07) is 2.26. The molecule has 2 fully saturated rings. The highest BCUT2D eigenvalue weighted by Crippen LogP contribution is 2.30. The first-order chi connectivity index (χ1) is 9.13. The van der Waals surface area contributed by atoms with Gasteiger partial charge in [-0.2, -0.15) is 0 Å². The van der Waals surface area contributed by atoms with Gasteiger partial charge < -0.3 is 5.32 Å². The van der Waals surface area contributed by atoms with Crippen molar-refractivity contribution in [3.63, 3.8) is 0 Å². The summed E-state index contributed by atoms with van der Waals surface area (Å²) in [6.07, 6.45) is 8.51. The van der Waals surface area contributed by atoms with E-state index in [1.54, 1.807) is 0 Å². The first-order valence-corrected chi connectivity index (χ1v) is 8.62. The Bertz CT molecular complexity index is 266. The average molecular weight is 266 g/mol. The van der Waals surface area contributed by atoms with Crippen molar-refractivity contribution < 1.29 is 0 Å². The van der Waals surface area contributed by atoms with Crippen molar-refractivity contribution in [1.82, 2.24) is 10.2 Å². The zero-order chi connectivity index (χ0) is 13.8. The molecule has 19 heavy (non-hydrogen) atoms. The first kappa shape index (κ1) is 15.3. The quantitative estimate of drug-likeness (QED) is 0.784. The van der Waals surface area contributed by atoms with Crippen LogP contribution in [0.5, 0.6) is 0 Å². The summed E-state index contributed by atoms with van der Waals surface area (Å²) in [4.78, 5) is 2.85. The van der Waals surface area contributed by atoms with Gasteiger partial charge in [-0.3, -0.25) is 4.90 Å². The Morgan fingerprint density at radius 3 is 2.63 bits per heavy atom. The van der Waals surface area contributed by atoms with E-state index in [4.69, 9.17) is 0 Å². The topological polar surface area (TPSA) is 15.3 Å². The largest absolute Gasteiger partial charge is 0.311 e. The Morgan fingerprint density at radius 1 is 1.16 bits per heavy atom. The van der Waals surface area contributed by atoms with E-state index in [1.807, 2.05) is 0 Å². The molecule has 0 spiro atoms. The Kier molecular flexibility index (Phi) is 5.70. The third-order valence-electron chi connectivity index (χ3n) is 5.72. The van der Waals surface area contributed by atoms with Crippen molar-refractivity contribution in [2.24, 2.45) is 11.8 Å². The SMILES string of the molecule is CCC(C)C1CN(C2CCCCCC2C)C(C)CN1. The fraction of sp³-hybridized carbons (Fsp3) is 1.00. The van der Waals surface area contributed by atoms with Crippen LogP contribution in [0.4, 0.5) is 0 Å². The minimum atomic E-state index is 0.705. The summed E-state index contributed by atoms with van der Waals surface area (Å²) in [7, 11) is 0. The molecule has 1 heterocycles. The molecule has 1 saturated carbocycles. The van der Waals surface area contributed by atoms with E-state index in [0.717, 1.165) is 17.9 Å². The van der Waals surface area contributed by atoms with Crippen molar-refractivity contribution in [2.45, 2.75) is 84.3 Å². The van der Waals surface area contributed by atoms with Gasteiger partial charge in [0.05, 0.1) is 0 Å². The van der Waals surface area contributed by atoms with Gasteiger partial charge in [0.1, 0.15) is 0 Å². The van der Waals surface area contributed by atoms with Crippen LogP contribution >= 0.6 is 0 Å². The smallest absolute Gasteiger partial charge is 0.0221 e. The molecule has 2 rings (SSSR count). The lowest BCUT2D eigenvalue weighted by atomic mass is 9.90. The Morgan fingerprint density at radius 2 is 1.89 bits per heavy atom. The van der Waals surface area contributed by atoms with Crippen LogP contribution in [0.15, 0.2) is 0 Å². The van der Waals surface area contributed by atoms with E-state index < -0.39 is 0 Å². The monoisotopic (exact) mass is 266 g/mol. The van der Waals surface area contributed by atoms with Crippen LogP contribution in [0.3, 0.4) is 0 Å². The standard InChI is InChI=1S/C17H34N2/c1-5-13(2)16-12-19(15(4)11-18-16)17-10-8-6-7-9-14(17)3/h13-18H,5-12H2,1-4H3. The third-order valence-corrected chi connectivity index (χ3v) is 5.72. The average Bonchev–Trinajstić information content (AvgIpc) is 2.63. The molecular weight excluding hydrogens is 232 g/mol. The zero-order valence-electron chi connectivity index (χ0n) is 13.5. The highest BCUT2D eigenvalue weighted by Gasteiger charge is 2.34. The first-order valence-electron chi connectivity index (χ1n) is 8.62. The molecule has 1 aliphatic heterocycles. The van der Waals surface area contributed by atoms with Crippen molar-refractivity contribution in [3.8, 4) is 0 Å². The fourth-order valence-corrected chi connectivity index (χ4v) is 4.00. The second kappa shape index (κ2) is 7.08. The van der Waals surface area contributed by atoms with E-state index >= 15 is 0 Å². The third kappa shape index (κ3) is 3.72. The lowest BCUT2D eigenvalue weighted by Gasteiger charge is -2.46. The summed E-state index contributed by atoms with van der Waals surface area (Å²) in [6.45, 7) is 12.1. The molecule has 5 atom stereocenters. The molecule has 112 valence electrons. The van der Waals surface area contributed by atoms with Gasteiger partial charge >= 0.3 is 0 Å².